The second-order valence-corrected chi connectivity index (χ2v) is 2.93. The first kappa shape index (κ1) is 9.54. The van der Waals surface area contributed by atoms with Gasteiger partial charge in [-0.2, -0.15) is 0 Å². The molecule has 0 rings (SSSR count). The van der Waals surface area contributed by atoms with Crippen LogP contribution in [0.2, 0.25) is 0 Å². The Hall–Kier alpha value is -0.455. The third-order valence-corrected chi connectivity index (χ3v) is 1.90. The maximum Gasteiger partial charge on any atom is 0.107 e. The predicted octanol–water partition coefficient (Wildman–Crippen LogP) is 2.81. The van der Waals surface area contributed by atoms with Gasteiger partial charge in [0.15, 0.2) is 0 Å². The molecule has 54 valence electrons. The molecule has 10 heavy (non-hydrogen) atoms. The number of hydrogen-bond donors (Lipinski definition) is 0. The lowest BCUT2D eigenvalue weighted by atomic mass is 9.88. The zero-order chi connectivity index (χ0) is 8.31. The van der Waals surface area contributed by atoms with Gasteiger partial charge >= 0.3 is 0 Å². The minimum Gasteiger partial charge on any atom is -0.118 e. The zero-order valence-electron chi connectivity index (χ0n) is 7.58. The monoisotopic (exact) mass is 134 g/mol. The Morgan fingerprint density at radius 1 is 0.800 bits per heavy atom. The average molecular weight is 134 g/mol. The van der Waals surface area contributed by atoms with E-state index in [0.717, 1.165) is 5.47 Å². The van der Waals surface area contributed by atoms with Gasteiger partial charge < -0.3 is 0 Å². The van der Waals surface area contributed by atoms with Crippen LogP contribution in [0.3, 0.4) is 0 Å². The van der Waals surface area contributed by atoms with Crippen LogP contribution in [0, 0.1) is 0 Å². The molecule has 0 aromatic heterocycles. The molecule has 0 N–H and O–H groups in total. The number of rotatable bonds is 1. The SMILES string of the molecule is [B]/C(C)=C(\C)C(C)=C(C)C. The summed E-state index contributed by atoms with van der Waals surface area (Å²) >= 11 is 0. The van der Waals surface area contributed by atoms with E-state index in [-0.39, 0.29) is 0 Å². The highest BCUT2D eigenvalue weighted by molar-refractivity contribution is 6.21. The van der Waals surface area contributed by atoms with E-state index < -0.39 is 0 Å². The first-order chi connectivity index (χ1) is 4.46. The van der Waals surface area contributed by atoms with Crippen LogP contribution >= 0.6 is 0 Å². The molecule has 1 heteroatoms. The maximum atomic E-state index is 5.62. The molecule has 0 aromatic carbocycles. The van der Waals surface area contributed by atoms with Gasteiger partial charge in [0.1, 0.15) is 7.85 Å². The van der Waals surface area contributed by atoms with Crippen molar-refractivity contribution < 1.29 is 0 Å². The van der Waals surface area contributed by atoms with Crippen LogP contribution < -0.4 is 0 Å². The molecule has 0 fully saturated rings. The van der Waals surface area contributed by atoms with Crippen LogP contribution in [0.25, 0.3) is 0 Å². The first-order valence-corrected chi connectivity index (χ1v) is 3.54. The molecular formula is C9H15B. The fourth-order valence-electron chi connectivity index (χ4n) is 0.671. The predicted molar refractivity (Wildman–Crippen MR) is 48.2 cm³/mol. The molecule has 0 aliphatic heterocycles. The largest absolute Gasteiger partial charge is 0.118 e. The summed E-state index contributed by atoms with van der Waals surface area (Å²) in [6.45, 7) is 10.3. The molecular weight excluding hydrogens is 119 g/mol. The summed E-state index contributed by atoms with van der Waals surface area (Å²) in [5, 5.41) is 0. The summed E-state index contributed by atoms with van der Waals surface area (Å²) in [6, 6.07) is 0. The van der Waals surface area contributed by atoms with Crippen LogP contribution in [0.15, 0.2) is 22.2 Å². The first-order valence-electron chi connectivity index (χ1n) is 3.54. The smallest absolute Gasteiger partial charge is 0.107 e. The molecule has 0 unspecified atom stereocenters. The fourth-order valence-corrected chi connectivity index (χ4v) is 0.671. The molecule has 0 aromatic rings. The topological polar surface area (TPSA) is 0 Å². The van der Waals surface area contributed by atoms with Crippen LogP contribution in [-0.4, -0.2) is 7.85 Å². The van der Waals surface area contributed by atoms with Gasteiger partial charge in [-0.25, -0.2) is 0 Å². The molecule has 0 bridgehead atoms. The lowest BCUT2D eigenvalue weighted by molar-refractivity contribution is 1.21. The van der Waals surface area contributed by atoms with E-state index in [2.05, 4.69) is 27.7 Å². The fraction of sp³-hybridized carbons (Fsp3) is 0.556. The van der Waals surface area contributed by atoms with Gasteiger partial charge in [-0.3, -0.25) is 0 Å². The molecule has 0 amide bonds. The molecule has 0 heterocycles. The van der Waals surface area contributed by atoms with Crippen LogP contribution in [-0.2, 0) is 0 Å². The Kier molecular flexibility index (Phi) is 3.48. The van der Waals surface area contributed by atoms with Gasteiger partial charge in [0, 0.05) is 0 Å². The van der Waals surface area contributed by atoms with Crippen molar-refractivity contribution in [2.24, 2.45) is 0 Å². The highest BCUT2D eigenvalue weighted by atomic mass is 14.0. The Balaban J connectivity index is 4.71. The van der Waals surface area contributed by atoms with Gasteiger partial charge in [0.25, 0.3) is 0 Å². The van der Waals surface area contributed by atoms with E-state index in [0.29, 0.717) is 0 Å². The van der Waals surface area contributed by atoms with Crippen molar-refractivity contribution in [1.29, 1.82) is 0 Å². The van der Waals surface area contributed by atoms with E-state index >= 15 is 0 Å². The second-order valence-electron chi connectivity index (χ2n) is 2.93. The van der Waals surface area contributed by atoms with Crippen LogP contribution in [0.5, 0.6) is 0 Å². The standard InChI is InChI=1S/C9H15B/c1-6(2)7(3)8(4)9(5)10/h1-5H3/b9-8+. The Morgan fingerprint density at radius 3 is 1.30 bits per heavy atom. The second kappa shape index (κ2) is 3.65. The van der Waals surface area contributed by atoms with Crippen molar-refractivity contribution in [2.75, 3.05) is 0 Å². The summed E-state index contributed by atoms with van der Waals surface area (Å²) in [4.78, 5) is 0. The van der Waals surface area contributed by atoms with E-state index in [1.807, 2.05) is 6.92 Å². The van der Waals surface area contributed by atoms with Gasteiger partial charge in [0.2, 0.25) is 0 Å². The summed E-state index contributed by atoms with van der Waals surface area (Å²) in [5.41, 5.74) is 4.76. The van der Waals surface area contributed by atoms with Crippen molar-refractivity contribution >= 4 is 7.85 Å². The number of allylic oxidation sites excluding steroid dienone is 4. The Bertz CT molecular complexity index is 155. The Morgan fingerprint density at radius 2 is 1.20 bits per heavy atom. The van der Waals surface area contributed by atoms with E-state index in [9.17, 15) is 0 Å². The van der Waals surface area contributed by atoms with Crippen molar-refractivity contribution in [2.45, 2.75) is 34.6 Å². The molecule has 0 aliphatic carbocycles. The summed E-state index contributed by atoms with van der Waals surface area (Å²) in [5.74, 6) is 0. The van der Waals surface area contributed by atoms with E-state index in [4.69, 9.17) is 7.85 Å². The van der Waals surface area contributed by atoms with E-state index in [1.54, 1.807) is 0 Å². The van der Waals surface area contributed by atoms with Gasteiger partial charge in [-0.15, -0.1) is 5.47 Å². The molecule has 0 saturated carbocycles. The maximum absolute atomic E-state index is 5.62. The number of hydrogen-bond acceptors (Lipinski definition) is 0. The van der Waals surface area contributed by atoms with Crippen molar-refractivity contribution in [3.05, 3.63) is 22.2 Å². The minimum absolute atomic E-state index is 0.915. The van der Waals surface area contributed by atoms with E-state index in [1.165, 1.54) is 16.7 Å². The lowest BCUT2D eigenvalue weighted by Gasteiger charge is -2.06. The van der Waals surface area contributed by atoms with Crippen LogP contribution in [0.1, 0.15) is 34.6 Å². The summed E-state index contributed by atoms with van der Waals surface area (Å²) in [7, 11) is 5.62. The third-order valence-electron chi connectivity index (χ3n) is 1.90. The molecule has 0 spiro atoms. The molecule has 0 saturated heterocycles. The molecule has 0 atom stereocenters. The lowest BCUT2D eigenvalue weighted by Crippen LogP contribution is -1.87. The average Bonchev–Trinajstić information content (AvgIpc) is 1.84. The van der Waals surface area contributed by atoms with Crippen LogP contribution in [0.4, 0.5) is 0 Å². The zero-order valence-corrected chi connectivity index (χ0v) is 7.58. The molecule has 0 nitrogen and oxygen atoms in total. The third kappa shape index (κ3) is 2.42. The summed E-state index contributed by atoms with van der Waals surface area (Å²) in [6.07, 6.45) is 0. The van der Waals surface area contributed by atoms with Gasteiger partial charge in [-0.1, -0.05) is 23.6 Å². The molecule has 2 radical (unpaired) electrons. The highest BCUT2D eigenvalue weighted by Gasteiger charge is 1.95. The highest BCUT2D eigenvalue weighted by Crippen LogP contribution is 2.15. The van der Waals surface area contributed by atoms with Gasteiger partial charge in [0.05, 0.1) is 0 Å². The Labute approximate surface area is 65.4 Å². The normalized spacial score (nSPS) is 12.5. The minimum atomic E-state index is 0.915. The molecule has 0 aliphatic rings. The van der Waals surface area contributed by atoms with Gasteiger partial charge in [-0.05, 0) is 27.7 Å². The quantitative estimate of drug-likeness (QED) is 0.382. The van der Waals surface area contributed by atoms with Crippen molar-refractivity contribution in [3.63, 3.8) is 0 Å². The summed E-state index contributed by atoms with van der Waals surface area (Å²) < 4.78 is 0. The van der Waals surface area contributed by atoms with Crippen molar-refractivity contribution in [1.82, 2.24) is 0 Å². The van der Waals surface area contributed by atoms with Crippen molar-refractivity contribution in [3.8, 4) is 0 Å².